The quantitative estimate of drug-likeness (QED) is 0.519. The van der Waals surface area contributed by atoms with Crippen molar-refractivity contribution in [2.75, 3.05) is 4.90 Å². The zero-order chi connectivity index (χ0) is 17.1. The standard InChI is InChI=1S/C19H17N3O3/c1-14-6-8-15(9-7-14)22(12-16-4-2-10-23-16)13-18-20-19(21-25-18)17-5-3-11-24-17/h2-11H,12-13H2,1H3. The molecule has 0 bridgehead atoms. The molecule has 0 unspecified atom stereocenters. The van der Waals surface area contributed by atoms with Crippen LogP contribution in [0.15, 0.2) is 74.4 Å². The Labute approximate surface area is 144 Å². The fourth-order valence-electron chi connectivity index (χ4n) is 2.57. The summed E-state index contributed by atoms with van der Waals surface area (Å²) in [4.78, 5) is 6.54. The van der Waals surface area contributed by atoms with Gasteiger partial charge in [0.15, 0.2) is 5.76 Å². The van der Waals surface area contributed by atoms with Crippen LogP contribution in [-0.4, -0.2) is 10.1 Å². The first-order chi connectivity index (χ1) is 12.3. The van der Waals surface area contributed by atoms with Gasteiger partial charge in [0.1, 0.15) is 5.76 Å². The Bertz CT molecular complexity index is 909. The number of aryl methyl sites for hydroxylation is 1. The Hall–Kier alpha value is -3.28. The first kappa shape index (κ1) is 15.3. The molecule has 1 aromatic carbocycles. The molecule has 126 valence electrons. The predicted octanol–water partition coefficient (Wildman–Crippen LogP) is 4.44. The zero-order valence-corrected chi connectivity index (χ0v) is 13.8. The summed E-state index contributed by atoms with van der Waals surface area (Å²) in [5, 5.41) is 3.99. The first-order valence-corrected chi connectivity index (χ1v) is 7.98. The van der Waals surface area contributed by atoms with Gasteiger partial charge in [-0.05, 0) is 43.3 Å². The lowest BCUT2D eigenvalue weighted by Gasteiger charge is -2.22. The number of anilines is 1. The van der Waals surface area contributed by atoms with Crippen molar-refractivity contribution >= 4 is 5.69 Å². The lowest BCUT2D eigenvalue weighted by Crippen LogP contribution is -2.22. The second kappa shape index (κ2) is 6.68. The highest BCUT2D eigenvalue weighted by Gasteiger charge is 2.16. The van der Waals surface area contributed by atoms with E-state index in [-0.39, 0.29) is 0 Å². The topological polar surface area (TPSA) is 68.4 Å². The van der Waals surface area contributed by atoms with Gasteiger partial charge in [0.2, 0.25) is 11.7 Å². The third-order valence-corrected chi connectivity index (χ3v) is 3.86. The average molecular weight is 335 g/mol. The van der Waals surface area contributed by atoms with Crippen LogP contribution in [0.3, 0.4) is 0 Å². The largest absolute Gasteiger partial charge is 0.467 e. The maximum atomic E-state index is 5.49. The van der Waals surface area contributed by atoms with Crippen LogP contribution in [0.1, 0.15) is 17.2 Å². The molecule has 0 aliphatic heterocycles. The van der Waals surface area contributed by atoms with E-state index in [0.717, 1.165) is 11.4 Å². The van der Waals surface area contributed by atoms with Gasteiger partial charge >= 0.3 is 0 Å². The molecule has 6 heteroatoms. The van der Waals surface area contributed by atoms with Crippen molar-refractivity contribution in [3.05, 3.63) is 78.3 Å². The summed E-state index contributed by atoms with van der Waals surface area (Å²) >= 11 is 0. The Morgan fingerprint density at radius 1 is 0.920 bits per heavy atom. The summed E-state index contributed by atoms with van der Waals surface area (Å²) < 4.78 is 16.2. The van der Waals surface area contributed by atoms with Gasteiger partial charge < -0.3 is 18.3 Å². The van der Waals surface area contributed by atoms with Gasteiger partial charge in [-0.25, -0.2) is 0 Å². The van der Waals surface area contributed by atoms with Crippen molar-refractivity contribution in [1.29, 1.82) is 0 Å². The van der Waals surface area contributed by atoms with Crippen LogP contribution >= 0.6 is 0 Å². The maximum Gasteiger partial charge on any atom is 0.246 e. The summed E-state index contributed by atoms with van der Waals surface area (Å²) in [6.45, 7) is 3.14. The van der Waals surface area contributed by atoms with E-state index in [1.54, 1.807) is 24.7 Å². The third kappa shape index (κ3) is 3.47. The smallest absolute Gasteiger partial charge is 0.246 e. The van der Waals surface area contributed by atoms with Gasteiger partial charge in [-0.3, -0.25) is 0 Å². The van der Waals surface area contributed by atoms with Crippen LogP contribution < -0.4 is 4.90 Å². The molecule has 0 N–H and O–H groups in total. The van der Waals surface area contributed by atoms with Gasteiger partial charge in [-0.2, -0.15) is 4.98 Å². The highest BCUT2D eigenvalue weighted by Crippen LogP contribution is 2.22. The minimum Gasteiger partial charge on any atom is -0.467 e. The molecule has 4 aromatic rings. The number of rotatable bonds is 6. The van der Waals surface area contributed by atoms with E-state index >= 15 is 0 Å². The van der Waals surface area contributed by atoms with Crippen molar-refractivity contribution in [2.45, 2.75) is 20.0 Å². The summed E-state index contributed by atoms with van der Waals surface area (Å²) in [7, 11) is 0. The van der Waals surface area contributed by atoms with Crippen molar-refractivity contribution < 1.29 is 13.4 Å². The Morgan fingerprint density at radius 2 is 1.72 bits per heavy atom. The normalized spacial score (nSPS) is 10.9. The van der Waals surface area contributed by atoms with Crippen LogP contribution in [0, 0.1) is 6.92 Å². The number of nitrogens with zero attached hydrogens (tertiary/aromatic N) is 3. The van der Waals surface area contributed by atoms with Crippen molar-refractivity contribution in [2.24, 2.45) is 0 Å². The van der Waals surface area contributed by atoms with Crippen molar-refractivity contribution in [3.63, 3.8) is 0 Å². The number of furan rings is 2. The van der Waals surface area contributed by atoms with Gasteiger partial charge in [-0.1, -0.05) is 22.9 Å². The molecule has 0 saturated heterocycles. The molecule has 3 heterocycles. The summed E-state index contributed by atoms with van der Waals surface area (Å²) in [6.07, 6.45) is 3.26. The fourth-order valence-corrected chi connectivity index (χ4v) is 2.57. The maximum absolute atomic E-state index is 5.49. The van der Waals surface area contributed by atoms with Gasteiger partial charge in [-0.15, -0.1) is 0 Å². The summed E-state index contributed by atoms with van der Waals surface area (Å²) in [5.41, 5.74) is 2.26. The first-order valence-electron chi connectivity index (χ1n) is 7.98. The second-order valence-electron chi connectivity index (χ2n) is 5.76. The minimum absolute atomic E-state index is 0.446. The highest BCUT2D eigenvalue weighted by atomic mass is 16.5. The Kier molecular flexibility index (Phi) is 4.08. The van der Waals surface area contributed by atoms with Crippen LogP contribution in [0.2, 0.25) is 0 Å². The molecule has 4 rings (SSSR count). The molecule has 0 aliphatic carbocycles. The van der Waals surface area contributed by atoms with Crippen LogP contribution in [0.25, 0.3) is 11.6 Å². The van der Waals surface area contributed by atoms with E-state index in [4.69, 9.17) is 13.4 Å². The number of hydrogen-bond acceptors (Lipinski definition) is 6. The molecule has 3 aromatic heterocycles. The zero-order valence-electron chi connectivity index (χ0n) is 13.8. The van der Waals surface area contributed by atoms with Gasteiger partial charge in [0.25, 0.3) is 0 Å². The van der Waals surface area contributed by atoms with E-state index in [2.05, 4.69) is 46.2 Å². The monoisotopic (exact) mass is 335 g/mol. The van der Waals surface area contributed by atoms with E-state index < -0.39 is 0 Å². The molecule has 0 amide bonds. The van der Waals surface area contributed by atoms with Crippen molar-refractivity contribution in [3.8, 4) is 11.6 Å². The Balaban J connectivity index is 1.58. The van der Waals surface area contributed by atoms with Crippen LogP contribution in [-0.2, 0) is 13.1 Å². The molecule has 0 radical (unpaired) electrons. The molecular weight excluding hydrogens is 318 g/mol. The molecule has 0 saturated carbocycles. The molecule has 0 fully saturated rings. The van der Waals surface area contributed by atoms with Gasteiger partial charge in [0, 0.05) is 5.69 Å². The minimum atomic E-state index is 0.446. The molecule has 0 spiro atoms. The number of benzene rings is 1. The molecule has 0 aliphatic rings. The molecular formula is C19H17N3O3. The van der Waals surface area contributed by atoms with Crippen molar-refractivity contribution in [1.82, 2.24) is 10.1 Å². The third-order valence-electron chi connectivity index (χ3n) is 3.86. The van der Waals surface area contributed by atoms with E-state index in [1.807, 2.05) is 12.1 Å². The average Bonchev–Trinajstić information content (AvgIpc) is 3.37. The predicted molar refractivity (Wildman–Crippen MR) is 91.8 cm³/mol. The lowest BCUT2D eigenvalue weighted by atomic mass is 10.2. The SMILES string of the molecule is Cc1ccc(N(Cc2ccco2)Cc2nc(-c3ccco3)no2)cc1. The summed E-state index contributed by atoms with van der Waals surface area (Å²) in [5.74, 6) is 2.41. The van der Waals surface area contributed by atoms with E-state index in [9.17, 15) is 0 Å². The fraction of sp³-hybridized carbons (Fsp3) is 0.158. The van der Waals surface area contributed by atoms with Crippen LogP contribution in [0.5, 0.6) is 0 Å². The van der Waals surface area contributed by atoms with E-state index in [1.165, 1.54) is 5.56 Å². The second-order valence-corrected chi connectivity index (χ2v) is 5.76. The molecule has 0 atom stereocenters. The highest BCUT2D eigenvalue weighted by molar-refractivity contribution is 5.48. The lowest BCUT2D eigenvalue weighted by molar-refractivity contribution is 0.373. The number of aromatic nitrogens is 2. The van der Waals surface area contributed by atoms with Gasteiger partial charge in [0.05, 0.1) is 25.6 Å². The summed E-state index contributed by atoms with van der Waals surface area (Å²) in [6, 6.07) is 15.7. The molecule has 25 heavy (non-hydrogen) atoms. The van der Waals surface area contributed by atoms with E-state index in [0.29, 0.717) is 30.6 Å². The number of hydrogen-bond donors (Lipinski definition) is 0. The molecule has 6 nitrogen and oxygen atoms in total. The Morgan fingerprint density at radius 3 is 2.44 bits per heavy atom. The van der Waals surface area contributed by atoms with Crippen LogP contribution in [0.4, 0.5) is 5.69 Å².